The fourth-order valence-electron chi connectivity index (χ4n) is 3.04. The summed E-state index contributed by atoms with van der Waals surface area (Å²) >= 11 is 0. The lowest BCUT2D eigenvalue weighted by Crippen LogP contribution is -2.60. The molecule has 5 unspecified atom stereocenters. The molecule has 2 aromatic rings. The van der Waals surface area contributed by atoms with E-state index < -0.39 is 72.0 Å². The summed E-state index contributed by atoms with van der Waals surface area (Å²) in [5.74, 6) is -4.86. The minimum absolute atomic E-state index is 0.124. The zero-order valence-corrected chi connectivity index (χ0v) is 17.0. The van der Waals surface area contributed by atoms with Crippen LogP contribution in [0.15, 0.2) is 24.3 Å². The van der Waals surface area contributed by atoms with Crippen molar-refractivity contribution in [2.45, 2.75) is 30.7 Å². The highest BCUT2D eigenvalue weighted by Crippen LogP contribution is 2.40. The molecule has 33 heavy (non-hydrogen) atoms. The van der Waals surface area contributed by atoms with Crippen molar-refractivity contribution in [1.82, 2.24) is 0 Å². The van der Waals surface area contributed by atoms with Gasteiger partial charge in [-0.15, -0.1) is 0 Å². The van der Waals surface area contributed by atoms with Gasteiger partial charge in [-0.2, -0.15) is 0 Å². The van der Waals surface area contributed by atoms with Crippen LogP contribution >= 0.6 is 0 Å². The largest absolute Gasteiger partial charge is 0.504 e. The topological polar surface area (TPSA) is 216 Å². The summed E-state index contributed by atoms with van der Waals surface area (Å²) < 4.78 is 20.7. The molecule has 2 aromatic carbocycles. The number of methoxy groups -OCH3 is 1. The van der Waals surface area contributed by atoms with Gasteiger partial charge in [-0.05, 0) is 12.1 Å². The standard InChI is InChI=1S/C20H22O13/c1-30-12-5-8(4-11(23)15(12)25)32-20-18(28)17(27)16(26)13(33-20)6-31-19(29)7-2-9(21)14(24)10(22)3-7/h2-5,13,16-18,20-28H,6H2,1H3. The average Bonchev–Trinajstić information content (AvgIpc) is 2.78. The third-order valence-electron chi connectivity index (χ3n) is 4.85. The number of aliphatic hydroxyl groups is 3. The molecule has 1 saturated heterocycles. The summed E-state index contributed by atoms with van der Waals surface area (Å²) in [4.78, 5) is 12.2. The van der Waals surface area contributed by atoms with Crippen LogP contribution in [0.4, 0.5) is 0 Å². The van der Waals surface area contributed by atoms with Crippen LogP contribution in [0.2, 0.25) is 0 Å². The highest BCUT2D eigenvalue weighted by molar-refractivity contribution is 5.91. The maximum Gasteiger partial charge on any atom is 0.338 e. The SMILES string of the molecule is COc1cc(OC2OC(COC(=O)c3cc(O)c(O)c(O)c3)C(O)C(O)C2O)cc(O)c1O. The molecule has 0 amide bonds. The molecule has 1 fully saturated rings. The van der Waals surface area contributed by atoms with Gasteiger partial charge in [0.25, 0.3) is 0 Å². The molecular formula is C20H22O13. The lowest BCUT2D eigenvalue weighted by atomic mass is 9.99. The number of esters is 1. The van der Waals surface area contributed by atoms with E-state index in [2.05, 4.69) is 0 Å². The molecule has 180 valence electrons. The van der Waals surface area contributed by atoms with E-state index in [0.29, 0.717) is 0 Å². The second-order valence-corrected chi connectivity index (χ2v) is 7.09. The molecule has 0 aliphatic carbocycles. The predicted octanol–water partition coefficient (Wildman–Crippen LogP) is -0.733. The van der Waals surface area contributed by atoms with Crippen LogP contribution in [0.25, 0.3) is 0 Å². The lowest BCUT2D eigenvalue weighted by molar-refractivity contribution is -0.277. The average molecular weight is 470 g/mol. The number of aromatic hydroxyl groups is 5. The first-order valence-electron chi connectivity index (χ1n) is 9.41. The number of aliphatic hydroxyl groups excluding tert-OH is 3. The Hall–Kier alpha value is -3.65. The Morgan fingerprint density at radius 2 is 1.48 bits per heavy atom. The number of phenols is 5. The van der Waals surface area contributed by atoms with E-state index in [1.165, 1.54) is 13.2 Å². The number of hydrogen-bond acceptors (Lipinski definition) is 13. The van der Waals surface area contributed by atoms with Gasteiger partial charge in [0.1, 0.15) is 36.8 Å². The number of phenolic OH excluding ortho intramolecular Hbond substituents is 5. The molecule has 1 heterocycles. The van der Waals surface area contributed by atoms with E-state index in [1.54, 1.807) is 0 Å². The third kappa shape index (κ3) is 4.90. The van der Waals surface area contributed by atoms with E-state index in [9.17, 15) is 45.6 Å². The number of carbonyl (C=O) groups excluding carboxylic acids is 1. The molecular weight excluding hydrogens is 448 g/mol. The molecule has 3 rings (SSSR count). The summed E-state index contributed by atoms with van der Waals surface area (Å²) in [6.07, 6.45) is -8.20. The molecule has 0 radical (unpaired) electrons. The van der Waals surface area contributed by atoms with Crippen molar-refractivity contribution in [3.63, 3.8) is 0 Å². The zero-order valence-electron chi connectivity index (χ0n) is 17.0. The fraction of sp³-hybridized carbons (Fsp3) is 0.350. The smallest absolute Gasteiger partial charge is 0.338 e. The first kappa shape index (κ1) is 24.0. The number of benzene rings is 2. The number of ether oxygens (including phenoxy) is 4. The summed E-state index contributed by atoms with van der Waals surface area (Å²) in [5, 5.41) is 78.3. The maximum atomic E-state index is 12.2. The minimum Gasteiger partial charge on any atom is -0.504 e. The first-order valence-corrected chi connectivity index (χ1v) is 9.41. The predicted molar refractivity (Wildman–Crippen MR) is 105 cm³/mol. The first-order chi connectivity index (χ1) is 15.5. The highest BCUT2D eigenvalue weighted by Gasteiger charge is 2.45. The van der Waals surface area contributed by atoms with Crippen molar-refractivity contribution < 1.29 is 64.6 Å². The molecule has 0 saturated carbocycles. The van der Waals surface area contributed by atoms with Crippen molar-refractivity contribution in [2.75, 3.05) is 13.7 Å². The van der Waals surface area contributed by atoms with Gasteiger partial charge in [-0.25, -0.2) is 4.79 Å². The number of carbonyl (C=O) groups is 1. The summed E-state index contributed by atoms with van der Waals surface area (Å²) in [6.45, 7) is -0.643. The van der Waals surface area contributed by atoms with Gasteiger partial charge in [0, 0.05) is 12.1 Å². The van der Waals surface area contributed by atoms with Crippen molar-refractivity contribution in [3.8, 4) is 40.2 Å². The summed E-state index contributed by atoms with van der Waals surface area (Å²) in [5.41, 5.74) is -0.326. The Bertz CT molecular complexity index is 1000. The van der Waals surface area contributed by atoms with Crippen molar-refractivity contribution >= 4 is 5.97 Å². The Balaban J connectivity index is 1.72. The number of rotatable bonds is 6. The zero-order chi connectivity index (χ0) is 24.4. The van der Waals surface area contributed by atoms with Crippen LogP contribution in [0, 0.1) is 0 Å². The molecule has 13 heteroatoms. The van der Waals surface area contributed by atoms with Crippen LogP contribution in [0.3, 0.4) is 0 Å². The van der Waals surface area contributed by atoms with Gasteiger partial charge in [-0.1, -0.05) is 0 Å². The molecule has 8 N–H and O–H groups in total. The third-order valence-corrected chi connectivity index (χ3v) is 4.85. The normalized spacial score (nSPS) is 24.8. The summed E-state index contributed by atoms with van der Waals surface area (Å²) in [6, 6.07) is 3.83. The molecule has 1 aliphatic heterocycles. The Labute approximate surface area is 185 Å². The molecule has 0 bridgehead atoms. The Morgan fingerprint density at radius 1 is 0.879 bits per heavy atom. The van der Waals surface area contributed by atoms with Gasteiger partial charge in [0.15, 0.2) is 28.7 Å². The van der Waals surface area contributed by atoms with Crippen LogP contribution < -0.4 is 9.47 Å². The van der Waals surface area contributed by atoms with Crippen molar-refractivity contribution in [2.24, 2.45) is 0 Å². The molecule has 5 atom stereocenters. The molecule has 0 aromatic heterocycles. The van der Waals surface area contributed by atoms with Crippen molar-refractivity contribution in [3.05, 3.63) is 29.8 Å². The van der Waals surface area contributed by atoms with E-state index in [0.717, 1.165) is 18.2 Å². The molecule has 0 spiro atoms. The highest BCUT2D eigenvalue weighted by atomic mass is 16.7. The van der Waals surface area contributed by atoms with E-state index in [4.69, 9.17) is 18.9 Å². The van der Waals surface area contributed by atoms with E-state index in [-0.39, 0.29) is 17.1 Å². The van der Waals surface area contributed by atoms with Crippen molar-refractivity contribution in [1.29, 1.82) is 0 Å². The second-order valence-electron chi connectivity index (χ2n) is 7.09. The van der Waals surface area contributed by atoms with Gasteiger partial charge in [-0.3, -0.25) is 0 Å². The summed E-state index contributed by atoms with van der Waals surface area (Å²) in [7, 11) is 1.22. The van der Waals surface area contributed by atoms with E-state index >= 15 is 0 Å². The fourth-order valence-corrected chi connectivity index (χ4v) is 3.04. The number of hydrogen-bond donors (Lipinski definition) is 8. The van der Waals surface area contributed by atoms with Crippen LogP contribution in [-0.4, -0.2) is 91.2 Å². The maximum absolute atomic E-state index is 12.2. The van der Waals surface area contributed by atoms with E-state index in [1.807, 2.05) is 0 Å². The van der Waals surface area contributed by atoms with Gasteiger partial charge >= 0.3 is 5.97 Å². The quantitative estimate of drug-likeness (QED) is 0.193. The van der Waals surface area contributed by atoms with Crippen LogP contribution in [-0.2, 0) is 9.47 Å². The second kappa shape index (κ2) is 9.46. The Morgan fingerprint density at radius 3 is 2.09 bits per heavy atom. The monoisotopic (exact) mass is 470 g/mol. The molecule has 13 nitrogen and oxygen atoms in total. The Kier molecular flexibility index (Phi) is 6.88. The van der Waals surface area contributed by atoms with Gasteiger partial charge < -0.3 is 59.8 Å². The minimum atomic E-state index is -1.78. The lowest BCUT2D eigenvalue weighted by Gasteiger charge is -2.39. The molecule has 1 aliphatic rings. The van der Waals surface area contributed by atoms with Crippen LogP contribution in [0.5, 0.6) is 40.2 Å². The van der Waals surface area contributed by atoms with Crippen LogP contribution in [0.1, 0.15) is 10.4 Å². The van der Waals surface area contributed by atoms with Gasteiger partial charge in [0.2, 0.25) is 12.0 Å². The van der Waals surface area contributed by atoms with Gasteiger partial charge in [0.05, 0.1) is 12.7 Å².